The fourth-order valence-electron chi connectivity index (χ4n) is 2.55. The lowest BCUT2D eigenvalue weighted by Crippen LogP contribution is -2.37. The van der Waals surface area contributed by atoms with Crippen LogP contribution in [0.25, 0.3) is 0 Å². The van der Waals surface area contributed by atoms with E-state index in [1.807, 2.05) is 0 Å². The summed E-state index contributed by atoms with van der Waals surface area (Å²) in [4.78, 5) is 17.9. The molecule has 2 rings (SSSR count). The molecule has 22 heavy (non-hydrogen) atoms. The Bertz CT molecular complexity index is 551. The number of carbonyl (C=O) groups excluding carboxylic acids is 1. The van der Waals surface area contributed by atoms with Crippen molar-refractivity contribution in [1.29, 1.82) is 5.26 Å². The van der Waals surface area contributed by atoms with Gasteiger partial charge in [-0.1, -0.05) is 0 Å². The van der Waals surface area contributed by atoms with Crippen molar-refractivity contribution >= 4 is 11.7 Å². The fraction of sp³-hybridized carbons (Fsp3) is 0.533. The number of pyridine rings is 1. The molecule has 1 aromatic rings. The van der Waals surface area contributed by atoms with E-state index in [2.05, 4.69) is 21.3 Å². The molecule has 2 heterocycles. The Morgan fingerprint density at radius 3 is 2.86 bits per heavy atom. The maximum Gasteiger partial charge on any atom is 0.255 e. The van der Waals surface area contributed by atoms with Crippen molar-refractivity contribution in [2.24, 2.45) is 5.92 Å². The number of anilines is 1. The first kappa shape index (κ1) is 16.1. The standard InChI is InChI=1S/C15H18F2N4O/c16-13(17)10-20-15(22)8-11-2-5-21(6-3-11)14-7-12(9-18)1-4-19-14/h1,4,7,11,13H,2-3,5-6,8,10H2,(H,20,22). The predicted molar refractivity (Wildman–Crippen MR) is 77.5 cm³/mol. The third-order valence-corrected chi connectivity index (χ3v) is 3.74. The van der Waals surface area contributed by atoms with Crippen molar-refractivity contribution in [3.8, 4) is 6.07 Å². The molecule has 0 saturated carbocycles. The van der Waals surface area contributed by atoms with Crippen LogP contribution in [-0.2, 0) is 4.79 Å². The number of halogens is 2. The Labute approximate surface area is 127 Å². The highest BCUT2D eigenvalue weighted by atomic mass is 19.3. The van der Waals surface area contributed by atoms with Crippen LogP contribution in [0.4, 0.5) is 14.6 Å². The van der Waals surface area contributed by atoms with Gasteiger partial charge in [-0.25, -0.2) is 13.8 Å². The summed E-state index contributed by atoms with van der Waals surface area (Å²) in [5.74, 6) is 0.649. The van der Waals surface area contributed by atoms with Crippen molar-refractivity contribution in [3.05, 3.63) is 23.9 Å². The lowest BCUT2D eigenvalue weighted by molar-refractivity contribution is -0.122. The maximum absolute atomic E-state index is 12.0. The van der Waals surface area contributed by atoms with Crippen molar-refractivity contribution < 1.29 is 13.6 Å². The van der Waals surface area contributed by atoms with Gasteiger partial charge in [-0.15, -0.1) is 0 Å². The minimum absolute atomic E-state index is 0.202. The molecule has 5 nitrogen and oxygen atoms in total. The molecular formula is C15H18F2N4O. The monoisotopic (exact) mass is 308 g/mol. The molecule has 0 atom stereocenters. The minimum atomic E-state index is -2.51. The first-order valence-corrected chi connectivity index (χ1v) is 7.24. The van der Waals surface area contributed by atoms with Gasteiger partial charge in [-0.05, 0) is 30.9 Å². The zero-order valence-corrected chi connectivity index (χ0v) is 12.1. The van der Waals surface area contributed by atoms with Crippen LogP contribution in [0.15, 0.2) is 18.3 Å². The van der Waals surface area contributed by atoms with Gasteiger partial charge in [0.1, 0.15) is 5.82 Å². The minimum Gasteiger partial charge on any atom is -0.357 e. The van der Waals surface area contributed by atoms with Crippen LogP contribution < -0.4 is 10.2 Å². The first-order chi connectivity index (χ1) is 10.6. The van der Waals surface area contributed by atoms with Gasteiger partial charge in [-0.2, -0.15) is 5.26 Å². The number of amides is 1. The summed E-state index contributed by atoms with van der Waals surface area (Å²) in [7, 11) is 0. The summed E-state index contributed by atoms with van der Waals surface area (Å²) >= 11 is 0. The number of aromatic nitrogens is 1. The lowest BCUT2D eigenvalue weighted by atomic mass is 9.93. The third kappa shape index (κ3) is 4.65. The number of piperidine rings is 1. The van der Waals surface area contributed by atoms with Gasteiger partial charge in [0, 0.05) is 25.7 Å². The van der Waals surface area contributed by atoms with Gasteiger partial charge in [0.2, 0.25) is 5.91 Å². The summed E-state index contributed by atoms with van der Waals surface area (Å²) in [5, 5.41) is 11.1. The number of rotatable bonds is 5. The van der Waals surface area contributed by atoms with Gasteiger partial charge < -0.3 is 10.2 Å². The molecule has 118 valence electrons. The molecule has 1 aliphatic heterocycles. The molecule has 0 aliphatic carbocycles. The number of nitrogens with zero attached hydrogens (tertiary/aromatic N) is 3. The second-order valence-corrected chi connectivity index (χ2v) is 5.34. The van der Waals surface area contributed by atoms with Crippen LogP contribution in [0, 0.1) is 17.2 Å². The Kier molecular flexibility index (Phi) is 5.64. The SMILES string of the molecule is N#Cc1ccnc(N2CCC(CC(=O)NCC(F)F)CC2)c1. The molecule has 0 aromatic carbocycles. The molecule has 1 aromatic heterocycles. The molecule has 1 fully saturated rings. The topological polar surface area (TPSA) is 69.0 Å². The number of alkyl halides is 2. The molecule has 7 heteroatoms. The van der Waals surface area contributed by atoms with E-state index in [-0.39, 0.29) is 18.2 Å². The molecule has 0 spiro atoms. The molecule has 1 amide bonds. The van der Waals surface area contributed by atoms with E-state index in [9.17, 15) is 13.6 Å². The van der Waals surface area contributed by atoms with Crippen molar-refractivity contribution in [2.75, 3.05) is 24.5 Å². The van der Waals surface area contributed by atoms with Crippen LogP contribution in [0.2, 0.25) is 0 Å². The molecule has 1 aliphatic rings. The van der Waals surface area contributed by atoms with Gasteiger partial charge in [0.25, 0.3) is 6.43 Å². The Morgan fingerprint density at radius 1 is 1.50 bits per heavy atom. The van der Waals surface area contributed by atoms with Gasteiger partial charge in [-0.3, -0.25) is 4.79 Å². The zero-order valence-electron chi connectivity index (χ0n) is 12.1. The molecule has 1 N–H and O–H groups in total. The predicted octanol–water partition coefficient (Wildman–Crippen LogP) is 1.94. The van der Waals surface area contributed by atoms with Crippen LogP contribution in [0.3, 0.4) is 0 Å². The van der Waals surface area contributed by atoms with Crippen LogP contribution in [0.5, 0.6) is 0 Å². The highest BCUT2D eigenvalue weighted by molar-refractivity contribution is 5.76. The van der Waals surface area contributed by atoms with Crippen molar-refractivity contribution in [1.82, 2.24) is 10.3 Å². The second kappa shape index (κ2) is 7.69. The highest BCUT2D eigenvalue weighted by Crippen LogP contribution is 2.24. The van der Waals surface area contributed by atoms with E-state index >= 15 is 0 Å². The number of carbonyl (C=O) groups is 1. The molecule has 0 radical (unpaired) electrons. The van der Waals surface area contributed by atoms with E-state index in [1.165, 1.54) is 0 Å². The van der Waals surface area contributed by atoms with E-state index < -0.39 is 13.0 Å². The molecular weight excluding hydrogens is 290 g/mol. The Morgan fingerprint density at radius 2 is 2.23 bits per heavy atom. The number of nitrogens with one attached hydrogen (secondary N) is 1. The summed E-state index contributed by atoms with van der Waals surface area (Å²) in [5.41, 5.74) is 0.568. The quantitative estimate of drug-likeness (QED) is 0.902. The maximum atomic E-state index is 12.0. The number of hydrogen-bond donors (Lipinski definition) is 1. The Hall–Kier alpha value is -2.23. The van der Waals surface area contributed by atoms with Crippen molar-refractivity contribution in [3.63, 3.8) is 0 Å². The van der Waals surface area contributed by atoms with Gasteiger partial charge >= 0.3 is 0 Å². The van der Waals surface area contributed by atoms with Crippen LogP contribution in [-0.4, -0.2) is 37.0 Å². The fourth-order valence-corrected chi connectivity index (χ4v) is 2.55. The normalized spacial score (nSPS) is 15.6. The average molecular weight is 308 g/mol. The zero-order chi connectivity index (χ0) is 15.9. The summed E-state index contributed by atoms with van der Waals surface area (Å²) in [6, 6.07) is 5.49. The molecule has 0 bridgehead atoms. The Balaban J connectivity index is 1.80. The van der Waals surface area contributed by atoms with Crippen molar-refractivity contribution in [2.45, 2.75) is 25.7 Å². The van der Waals surface area contributed by atoms with E-state index in [0.29, 0.717) is 5.56 Å². The third-order valence-electron chi connectivity index (χ3n) is 3.74. The van der Waals surface area contributed by atoms with E-state index in [1.54, 1.807) is 18.3 Å². The lowest BCUT2D eigenvalue weighted by Gasteiger charge is -2.32. The van der Waals surface area contributed by atoms with Crippen LogP contribution >= 0.6 is 0 Å². The smallest absolute Gasteiger partial charge is 0.255 e. The van der Waals surface area contributed by atoms with E-state index in [4.69, 9.17) is 5.26 Å². The number of hydrogen-bond acceptors (Lipinski definition) is 4. The van der Waals surface area contributed by atoms with E-state index in [0.717, 1.165) is 31.7 Å². The largest absolute Gasteiger partial charge is 0.357 e. The average Bonchev–Trinajstić information content (AvgIpc) is 2.54. The second-order valence-electron chi connectivity index (χ2n) is 5.34. The summed E-state index contributed by atoms with van der Waals surface area (Å²) in [6.07, 6.45) is 0.995. The molecule has 0 unspecified atom stereocenters. The van der Waals surface area contributed by atoms with Gasteiger partial charge in [0.05, 0.1) is 18.2 Å². The summed E-state index contributed by atoms with van der Waals surface area (Å²) in [6.45, 7) is 0.909. The first-order valence-electron chi connectivity index (χ1n) is 7.24. The summed E-state index contributed by atoms with van der Waals surface area (Å²) < 4.78 is 24.0. The number of nitriles is 1. The highest BCUT2D eigenvalue weighted by Gasteiger charge is 2.22. The van der Waals surface area contributed by atoms with Gasteiger partial charge in [0.15, 0.2) is 0 Å². The van der Waals surface area contributed by atoms with Crippen LogP contribution in [0.1, 0.15) is 24.8 Å². The molecule has 1 saturated heterocycles.